The van der Waals surface area contributed by atoms with Gasteiger partial charge in [-0.05, 0) is 26.0 Å². The van der Waals surface area contributed by atoms with Gasteiger partial charge in [-0.25, -0.2) is 0 Å². The lowest BCUT2D eigenvalue weighted by molar-refractivity contribution is 0.0500. The molecule has 0 amide bonds. The Balaban J connectivity index is 2.25. The lowest BCUT2D eigenvalue weighted by Crippen LogP contribution is -2.33. The van der Waals surface area contributed by atoms with Crippen LogP contribution in [-0.4, -0.2) is 47.3 Å². The molecule has 0 aromatic carbocycles. The third-order valence-electron chi connectivity index (χ3n) is 2.65. The molecule has 2 N–H and O–H groups in total. The Bertz CT molecular complexity index is 323. The van der Waals surface area contributed by atoms with Crippen molar-refractivity contribution in [1.29, 1.82) is 0 Å². The van der Waals surface area contributed by atoms with Crippen molar-refractivity contribution in [3.05, 3.63) is 18.0 Å². The van der Waals surface area contributed by atoms with E-state index < -0.39 is 5.60 Å². The van der Waals surface area contributed by atoms with E-state index in [-0.39, 0.29) is 0 Å². The number of nitrogens with one attached hydrogen (secondary N) is 1. The van der Waals surface area contributed by atoms with Gasteiger partial charge in [0.1, 0.15) is 0 Å². The van der Waals surface area contributed by atoms with E-state index in [1.165, 1.54) is 0 Å². The summed E-state index contributed by atoms with van der Waals surface area (Å²) in [4.78, 5) is 0. The summed E-state index contributed by atoms with van der Waals surface area (Å²) in [5, 5.41) is 17.7. The summed E-state index contributed by atoms with van der Waals surface area (Å²) in [5.74, 6) is 0. The number of hydrogen-bond acceptors (Lipinski definition) is 4. The maximum atomic E-state index is 10.2. The molecule has 1 unspecified atom stereocenters. The zero-order valence-corrected chi connectivity index (χ0v) is 10.9. The number of aliphatic hydroxyl groups is 1. The molecular weight excluding hydrogens is 218 g/mol. The van der Waals surface area contributed by atoms with Gasteiger partial charge in [0, 0.05) is 33.3 Å². The molecule has 1 aromatic heterocycles. The van der Waals surface area contributed by atoms with Crippen LogP contribution in [-0.2, 0) is 18.2 Å². The van der Waals surface area contributed by atoms with Crippen molar-refractivity contribution in [2.75, 3.05) is 26.8 Å². The van der Waals surface area contributed by atoms with E-state index in [0.717, 1.165) is 18.8 Å². The van der Waals surface area contributed by atoms with Crippen LogP contribution in [0.4, 0.5) is 0 Å². The highest BCUT2D eigenvalue weighted by Crippen LogP contribution is 2.14. The molecule has 1 rings (SSSR count). The Morgan fingerprint density at radius 1 is 1.53 bits per heavy atom. The maximum Gasteiger partial charge on any atom is 0.0687 e. The molecule has 0 saturated heterocycles. The number of aromatic nitrogens is 2. The normalized spacial score (nSPS) is 14.8. The first kappa shape index (κ1) is 14.2. The fourth-order valence-electron chi connectivity index (χ4n) is 1.69. The molecule has 1 heterocycles. The monoisotopic (exact) mass is 241 g/mol. The van der Waals surface area contributed by atoms with Gasteiger partial charge in [-0.3, -0.25) is 4.68 Å². The first-order chi connectivity index (χ1) is 8.03. The smallest absolute Gasteiger partial charge is 0.0687 e. The van der Waals surface area contributed by atoms with E-state index in [0.29, 0.717) is 19.4 Å². The van der Waals surface area contributed by atoms with Crippen molar-refractivity contribution in [1.82, 2.24) is 15.1 Å². The average molecular weight is 241 g/mol. The molecule has 0 aliphatic heterocycles. The molecule has 0 saturated carbocycles. The maximum absolute atomic E-state index is 10.2. The third kappa shape index (κ3) is 5.81. The molecule has 5 nitrogen and oxygen atoms in total. The van der Waals surface area contributed by atoms with Gasteiger partial charge in [0.2, 0.25) is 0 Å². The summed E-state index contributed by atoms with van der Waals surface area (Å²) in [7, 11) is 3.56. The summed E-state index contributed by atoms with van der Waals surface area (Å²) in [6.07, 6.45) is 3.18. The van der Waals surface area contributed by atoms with E-state index >= 15 is 0 Å². The summed E-state index contributed by atoms with van der Waals surface area (Å²) in [6, 6.07) is 1.94. The molecule has 0 aliphatic carbocycles. The van der Waals surface area contributed by atoms with Crippen LogP contribution in [0.3, 0.4) is 0 Å². The topological polar surface area (TPSA) is 59.3 Å². The molecule has 0 fully saturated rings. The minimum atomic E-state index is -0.714. The number of hydrogen-bond donors (Lipinski definition) is 2. The molecule has 0 spiro atoms. The van der Waals surface area contributed by atoms with Gasteiger partial charge in [0.15, 0.2) is 0 Å². The van der Waals surface area contributed by atoms with Crippen LogP contribution in [0.15, 0.2) is 12.3 Å². The predicted octanol–water partition coefficient (Wildman–Crippen LogP) is 0.340. The number of ether oxygens (including phenoxy) is 1. The van der Waals surface area contributed by atoms with Crippen molar-refractivity contribution < 1.29 is 9.84 Å². The minimum Gasteiger partial charge on any atom is -0.390 e. The summed E-state index contributed by atoms with van der Waals surface area (Å²) >= 11 is 0. The number of aryl methyl sites for hydroxylation is 1. The highest BCUT2D eigenvalue weighted by Gasteiger charge is 2.21. The van der Waals surface area contributed by atoms with Crippen LogP contribution >= 0.6 is 0 Å². The van der Waals surface area contributed by atoms with E-state index in [4.69, 9.17) is 4.74 Å². The second-order valence-corrected chi connectivity index (χ2v) is 4.65. The number of methoxy groups -OCH3 is 1. The lowest BCUT2D eigenvalue weighted by Gasteiger charge is -2.22. The molecular formula is C12H23N3O2. The average Bonchev–Trinajstić information content (AvgIpc) is 2.62. The molecule has 0 bridgehead atoms. The summed E-state index contributed by atoms with van der Waals surface area (Å²) < 4.78 is 6.69. The van der Waals surface area contributed by atoms with Crippen molar-refractivity contribution in [2.45, 2.75) is 25.4 Å². The van der Waals surface area contributed by atoms with E-state index in [9.17, 15) is 5.11 Å². The molecule has 98 valence electrons. The van der Waals surface area contributed by atoms with Gasteiger partial charge in [-0.1, -0.05) is 0 Å². The van der Waals surface area contributed by atoms with Crippen molar-refractivity contribution in [3.8, 4) is 0 Å². The Morgan fingerprint density at radius 3 is 2.88 bits per heavy atom. The molecule has 17 heavy (non-hydrogen) atoms. The highest BCUT2D eigenvalue weighted by molar-refractivity contribution is 5.03. The first-order valence-electron chi connectivity index (χ1n) is 5.94. The van der Waals surface area contributed by atoms with Crippen molar-refractivity contribution in [3.63, 3.8) is 0 Å². The molecule has 5 heteroatoms. The standard InChI is InChI=1S/C12H23N3O2/c1-12(16,5-6-13-7-9-17-3)10-11-4-8-15(2)14-11/h4,8,13,16H,5-7,9-10H2,1-3H3. The van der Waals surface area contributed by atoms with E-state index in [1.54, 1.807) is 11.8 Å². The zero-order valence-electron chi connectivity index (χ0n) is 10.9. The third-order valence-corrected chi connectivity index (χ3v) is 2.65. The molecule has 1 atom stereocenters. The molecule has 0 aliphatic rings. The van der Waals surface area contributed by atoms with Gasteiger partial charge in [-0.2, -0.15) is 5.10 Å². The first-order valence-corrected chi connectivity index (χ1v) is 5.94. The van der Waals surface area contributed by atoms with Crippen LogP contribution in [0.2, 0.25) is 0 Å². The Hall–Kier alpha value is -0.910. The predicted molar refractivity (Wildman–Crippen MR) is 66.9 cm³/mol. The largest absolute Gasteiger partial charge is 0.390 e. The SMILES string of the molecule is COCCNCCC(C)(O)Cc1ccn(C)n1. The van der Waals surface area contributed by atoms with Crippen LogP contribution < -0.4 is 5.32 Å². The highest BCUT2D eigenvalue weighted by atomic mass is 16.5. The quantitative estimate of drug-likeness (QED) is 0.644. The summed E-state index contributed by atoms with van der Waals surface area (Å²) in [6.45, 7) is 4.14. The fourth-order valence-corrected chi connectivity index (χ4v) is 1.69. The van der Waals surface area contributed by atoms with Crippen LogP contribution in [0, 0.1) is 0 Å². The summed E-state index contributed by atoms with van der Waals surface area (Å²) in [5.41, 5.74) is 0.211. The lowest BCUT2D eigenvalue weighted by atomic mass is 9.96. The van der Waals surface area contributed by atoms with E-state index in [1.807, 2.05) is 26.2 Å². The second-order valence-electron chi connectivity index (χ2n) is 4.65. The Labute approximate surface area is 103 Å². The van der Waals surface area contributed by atoms with Crippen LogP contribution in [0.25, 0.3) is 0 Å². The Kier molecular flexibility index (Phi) is 5.61. The number of nitrogens with zero attached hydrogens (tertiary/aromatic N) is 2. The van der Waals surface area contributed by atoms with Gasteiger partial charge in [0.05, 0.1) is 17.9 Å². The van der Waals surface area contributed by atoms with Gasteiger partial charge in [-0.15, -0.1) is 0 Å². The fraction of sp³-hybridized carbons (Fsp3) is 0.750. The minimum absolute atomic E-state index is 0.583. The molecule has 0 radical (unpaired) electrons. The number of rotatable bonds is 8. The van der Waals surface area contributed by atoms with Crippen LogP contribution in [0.5, 0.6) is 0 Å². The van der Waals surface area contributed by atoms with Gasteiger partial charge in [0.25, 0.3) is 0 Å². The van der Waals surface area contributed by atoms with Gasteiger partial charge >= 0.3 is 0 Å². The van der Waals surface area contributed by atoms with Crippen LogP contribution in [0.1, 0.15) is 19.0 Å². The van der Waals surface area contributed by atoms with Crippen molar-refractivity contribution in [2.24, 2.45) is 7.05 Å². The molecule has 1 aromatic rings. The van der Waals surface area contributed by atoms with E-state index in [2.05, 4.69) is 10.4 Å². The Morgan fingerprint density at radius 2 is 2.29 bits per heavy atom. The van der Waals surface area contributed by atoms with Gasteiger partial charge < -0.3 is 15.2 Å². The second kappa shape index (κ2) is 6.74. The van der Waals surface area contributed by atoms with Crippen molar-refractivity contribution >= 4 is 0 Å². The zero-order chi connectivity index (χ0) is 12.7.